The Kier molecular flexibility index (Phi) is 1.83. The van der Waals surface area contributed by atoms with Crippen molar-refractivity contribution in [2.45, 2.75) is 19.8 Å². The number of carbonyl (C=O) groups is 1. The topological polar surface area (TPSA) is 22.0 Å². The van der Waals surface area contributed by atoms with E-state index in [0.29, 0.717) is 0 Å². The van der Waals surface area contributed by atoms with Gasteiger partial charge in [-0.3, -0.25) is 4.79 Å². The molecule has 0 atom stereocenters. The number of nitrogens with zero attached hydrogens (tertiary/aromatic N) is 1. The lowest BCUT2D eigenvalue weighted by Crippen LogP contribution is -1.99. The van der Waals surface area contributed by atoms with Gasteiger partial charge in [-0.2, -0.15) is 0 Å². The number of hydrogen-bond donors (Lipinski definition) is 0. The molecule has 0 aromatic carbocycles. The quantitative estimate of drug-likeness (QED) is 0.600. The summed E-state index contributed by atoms with van der Waals surface area (Å²) in [5.41, 5.74) is 3.30. The van der Waals surface area contributed by atoms with E-state index in [1.807, 2.05) is 17.8 Å². The molecule has 0 spiro atoms. The van der Waals surface area contributed by atoms with Crippen LogP contribution in [0, 0.1) is 0 Å². The molecule has 1 heterocycles. The molecule has 0 bridgehead atoms. The second-order valence-corrected chi connectivity index (χ2v) is 3.51. The number of allylic oxidation sites excluding steroid dienone is 1. The fourth-order valence-corrected chi connectivity index (χ4v) is 1.90. The molecule has 1 aliphatic carbocycles. The minimum atomic E-state index is 0.173. The molecule has 0 fully saturated rings. The lowest BCUT2D eigenvalue weighted by Gasteiger charge is -2.07. The Labute approximate surface area is 77.9 Å². The van der Waals surface area contributed by atoms with E-state index in [4.69, 9.17) is 0 Å². The van der Waals surface area contributed by atoms with Gasteiger partial charge in [0, 0.05) is 24.5 Å². The van der Waals surface area contributed by atoms with Gasteiger partial charge < -0.3 is 4.57 Å². The van der Waals surface area contributed by atoms with Crippen LogP contribution in [0.3, 0.4) is 0 Å². The third-order valence-electron chi connectivity index (χ3n) is 2.55. The van der Waals surface area contributed by atoms with Crippen LogP contribution in [0.2, 0.25) is 0 Å². The highest BCUT2D eigenvalue weighted by molar-refractivity contribution is 5.96. The highest BCUT2D eigenvalue weighted by Crippen LogP contribution is 2.24. The number of Topliss-reactive ketones (excluding diaryl/α,β-unsaturated/α-hetero) is 1. The minimum Gasteiger partial charge on any atom is -0.350 e. The summed E-state index contributed by atoms with van der Waals surface area (Å²) in [6.07, 6.45) is 8.25. The normalized spacial score (nSPS) is 14.3. The summed E-state index contributed by atoms with van der Waals surface area (Å²) >= 11 is 0. The lowest BCUT2D eigenvalue weighted by atomic mass is 9.99. The average Bonchev–Trinajstić information content (AvgIpc) is 2.45. The number of aryl methyl sites for hydroxylation is 1. The molecule has 1 aliphatic rings. The molecular weight excluding hydrogens is 162 g/mol. The number of hydrogen-bond acceptors (Lipinski definition) is 1. The number of ketones is 1. The summed E-state index contributed by atoms with van der Waals surface area (Å²) in [5, 5.41) is 0. The SMILES string of the molecule is CC(=O)c1cn(C)c2c1CCC=C2. The Balaban J connectivity index is 2.61. The van der Waals surface area contributed by atoms with E-state index >= 15 is 0 Å². The van der Waals surface area contributed by atoms with Crippen LogP contribution >= 0.6 is 0 Å². The van der Waals surface area contributed by atoms with Crippen LogP contribution in [0.1, 0.15) is 35.0 Å². The molecule has 0 radical (unpaired) electrons. The number of rotatable bonds is 1. The molecule has 2 nitrogen and oxygen atoms in total. The Hall–Kier alpha value is -1.31. The van der Waals surface area contributed by atoms with E-state index in [0.717, 1.165) is 18.4 Å². The summed E-state index contributed by atoms with van der Waals surface area (Å²) in [4.78, 5) is 11.3. The predicted molar refractivity (Wildman–Crippen MR) is 52.8 cm³/mol. The van der Waals surface area contributed by atoms with Gasteiger partial charge in [0.1, 0.15) is 0 Å². The van der Waals surface area contributed by atoms with Gasteiger partial charge in [0.05, 0.1) is 0 Å². The maximum atomic E-state index is 11.3. The van der Waals surface area contributed by atoms with Gasteiger partial charge in [-0.05, 0) is 31.4 Å². The zero-order valence-electron chi connectivity index (χ0n) is 8.00. The Morgan fingerprint density at radius 3 is 3.00 bits per heavy atom. The molecule has 0 saturated carbocycles. The lowest BCUT2D eigenvalue weighted by molar-refractivity contribution is 0.101. The maximum Gasteiger partial charge on any atom is 0.161 e. The molecule has 0 unspecified atom stereocenters. The van der Waals surface area contributed by atoms with Crippen molar-refractivity contribution < 1.29 is 4.79 Å². The summed E-state index contributed by atoms with van der Waals surface area (Å²) in [7, 11) is 1.99. The van der Waals surface area contributed by atoms with Crippen LogP contribution in [0.5, 0.6) is 0 Å². The first-order chi connectivity index (χ1) is 6.20. The fourth-order valence-electron chi connectivity index (χ4n) is 1.90. The van der Waals surface area contributed by atoms with Crippen molar-refractivity contribution in [3.8, 4) is 0 Å². The van der Waals surface area contributed by atoms with Crippen LogP contribution in [-0.2, 0) is 13.5 Å². The third kappa shape index (κ3) is 1.22. The van der Waals surface area contributed by atoms with Gasteiger partial charge in [0.25, 0.3) is 0 Å². The van der Waals surface area contributed by atoms with Gasteiger partial charge in [0.2, 0.25) is 0 Å². The summed E-state index contributed by atoms with van der Waals surface area (Å²) in [5.74, 6) is 0.173. The van der Waals surface area contributed by atoms with E-state index in [1.54, 1.807) is 6.92 Å². The molecule has 0 saturated heterocycles. The number of aromatic nitrogens is 1. The fraction of sp³-hybridized carbons (Fsp3) is 0.364. The zero-order chi connectivity index (χ0) is 9.42. The van der Waals surface area contributed by atoms with Crippen molar-refractivity contribution in [1.29, 1.82) is 0 Å². The van der Waals surface area contributed by atoms with E-state index < -0.39 is 0 Å². The predicted octanol–water partition coefficient (Wildman–Crippen LogP) is 2.19. The van der Waals surface area contributed by atoms with Gasteiger partial charge >= 0.3 is 0 Å². The molecule has 0 aliphatic heterocycles. The van der Waals surface area contributed by atoms with Crippen molar-refractivity contribution >= 4 is 11.9 Å². The van der Waals surface area contributed by atoms with Crippen LogP contribution in [0.15, 0.2) is 12.3 Å². The molecule has 1 aromatic rings. The molecule has 2 heteroatoms. The largest absolute Gasteiger partial charge is 0.350 e. The standard InChI is InChI=1S/C11H13NO/c1-8(13)10-7-12(2)11-6-4-3-5-9(10)11/h4,6-7H,3,5H2,1-2H3. The molecule has 0 amide bonds. The van der Waals surface area contributed by atoms with E-state index in [1.165, 1.54) is 11.3 Å². The van der Waals surface area contributed by atoms with Crippen LogP contribution in [0.25, 0.3) is 6.08 Å². The molecule has 13 heavy (non-hydrogen) atoms. The molecule has 1 aromatic heterocycles. The van der Waals surface area contributed by atoms with E-state index in [9.17, 15) is 4.79 Å². The Morgan fingerprint density at radius 1 is 1.54 bits per heavy atom. The molecule has 68 valence electrons. The summed E-state index contributed by atoms with van der Waals surface area (Å²) < 4.78 is 2.03. The minimum absolute atomic E-state index is 0.173. The molecule has 2 rings (SSSR count). The summed E-state index contributed by atoms with van der Waals surface area (Å²) in [6, 6.07) is 0. The smallest absolute Gasteiger partial charge is 0.161 e. The Morgan fingerprint density at radius 2 is 2.31 bits per heavy atom. The van der Waals surface area contributed by atoms with Crippen LogP contribution < -0.4 is 0 Å². The van der Waals surface area contributed by atoms with Gasteiger partial charge in [-0.1, -0.05) is 6.08 Å². The third-order valence-corrected chi connectivity index (χ3v) is 2.55. The van der Waals surface area contributed by atoms with Crippen LogP contribution in [-0.4, -0.2) is 10.4 Å². The zero-order valence-corrected chi connectivity index (χ0v) is 8.00. The monoisotopic (exact) mass is 175 g/mol. The maximum absolute atomic E-state index is 11.3. The number of fused-ring (bicyclic) bond motifs is 1. The van der Waals surface area contributed by atoms with Crippen molar-refractivity contribution in [2.24, 2.45) is 7.05 Å². The van der Waals surface area contributed by atoms with Gasteiger partial charge in [-0.25, -0.2) is 0 Å². The first kappa shape index (κ1) is 8.30. The van der Waals surface area contributed by atoms with E-state index in [2.05, 4.69) is 12.2 Å². The summed E-state index contributed by atoms with van der Waals surface area (Å²) in [6.45, 7) is 1.63. The highest BCUT2D eigenvalue weighted by atomic mass is 16.1. The second-order valence-electron chi connectivity index (χ2n) is 3.51. The first-order valence-electron chi connectivity index (χ1n) is 4.56. The van der Waals surface area contributed by atoms with Crippen LogP contribution in [0.4, 0.5) is 0 Å². The molecular formula is C11H13NO. The second kappa shape index (κ2) is 2.87. The van der Waals surface area contributed by atoms with Gasteiger partial charge in [0.15, 0.2) is 5.78 Å². The average molecular weight is 175 g/mol. The van der Waals surface area contributed by atoms with Crippen molar-refractivity contribution in [3.63, 3.8) is 0 Å². The van der Waals surface area contributed by atoms with Gasteiger partial charge in [-0.15, -0.1) is 0 Å². The first-order valence-corrected chi connectivity index (χ1v) is 4.56. The number of carbonyl (C=O) groups excluding carboxylic acids is 1. The highest BCUT2D eigenvalue weighted by Gasteiger charge is 2.16. The Bertz CT molecular complexity index is 385. The van der Waals surface area contributed by atoms with Crippen molar-refractivity contribution in [2.75, 3.05) is 0 Å². The van der Waals surface area contributed by atoms with E-state index in [-0.39, 0.29) is 5.78 Å². The van der Waals surface area contributed by atoms with Crippen molar-refractivity contribution in [3.05, 3.63) is 29.1 Å². The van der Waals surface area contributed by atoms with Crippen molar-refractivity contribution in [1.82, 2.24) is 4.57 Å². The molecule has 0 N–H and O–H groups in total.